The lowest BCUT2D eigenvalue weighted by molar-refractivity contribution is 0.415. The lowest BCUT2D eigenvalue weighted by atomic mass is 9.96. The molecule has 5 heteroatoms. The van der Waals surface area contributed by atoms with E-state index in [1.165, 1.54) is 19.3 Å². The summed E-state index contributed by atoms with van der Waals surface area (Å²) in [5, 5.41) is 0. The van der Waals surface area contributed by atoms with Crippen LogP contribution in [0.4, 0.5) is 5.69 Å². The molecule has 1 aliphatic carbocycles. The molecular formula is C15H24N4O. The molecule has 0 aliphatic heterocycles. The molecule has 0 saturated heterocycles. The molecule has 0 atom stereocenters. The SMILES string of the molecule is COc1cccc(N(C)C(=NC2CCCCC2)NN)c1. The van der Waals surface area contributed by atoms with Gasteiger partial charge >= 0.3 is 0 Å². The van der Waals surface area contributed by atoms with E-state index in [0.29, 0.717) is 12.0 Å². The summed E-state index contributed by atoms with van der Waals surface area (Å²) in [5.41, 5.74) is 3.72. The van der Waals surface area contributed by atoms with E-state index in [4.69, 9.17) is 15.6 Å². The van der Waals surface area contributed by atoms with Gasteiger partial charge in [-0.1, -0.05) is 25.3 Å². The van der Waals surface area contributed by atoms with Crippen LogP contribution in [0.15, 0.2) is 29.3 Å². The summed E-state index contributed by atoms with van der Waals surface area (Å²) < 4.78 is 5.25. The average molecular weight is 276 g/mol. The monoisotopic (exact) mass is 276 g/mol. The van der Waals surface area contributed by atoms with Gasteiger partial charge in [0.05, 0.1) is 13.2 Å². The Kier molecular flexibility index (Phi) is 5.24. The quantitative estimate of drug-likeness (QED) is 0.385. The van der Waals surface area contributed by atoms with Gasteiger partial charge in [0.2, 0.25) is 5.96 Å². The first-order valence-electron chi connectivity index (χ1n) is 7.17. The standard InChI is InChI=1S/C15H24N4O/c1-19(13-9-6-10-14(11-13)20-2)15(18-16)17-12-7-4-3-5-8-12/h6,9-12H,3-5,7-8,16H2,1-2H3,(H,17,18). The molecule has 2 rings (SSSR count). The molecule has 0 spiro atoms. The van der Waals surface area contributed by atoms with Gasteiger partial charge in [0.25, 0.3) is 0 Å². The van der Waals surface area contributed by atoms with E-state index in [9.17, 15) is 0 Å². The Morgan fingerprint density at radius 1 is 1.35 bits per heavy atom. The van der Waals surface area contributed by atoms with Gasteiger partial charge in [-0.05, 0) is 25.0 Å². The fourth-order valence-corrected chi connectivity index (χ4v) is 2.55. The summed E-state index contributed by atoms with van der Waals surface area (Å²) >= 11 is 0. The van der Waals surface area contributed by atoms with Crippen molar-refractivity contribution in [3.63, 3.8) is 0 Å². The summed E-state index contributed by atoms with van der Waals surface area (Å²) in [4.78, 5) is 6.71. The Morgan fingerprint density at radius 2 is 2.10 bits per heavy atom. The highest BCUT2D eigenvalue weighted by atomic mass is 16.5. The minimum atomic E-state index is 0.378. The summed E-state index contributed by atoms with van der Waals surface area (Å²) in [7, 11) is 3.62. The number of hydrogen-bond donors (Lipinski definition) is 2. The van der Waals surface area contributed by atoms with Gasteiger partial charge in [-0.15, -0.1) is 0 Å². The number of rotatable bonds is 3. The van der Waals surface area contributed by atoms with Crippen LogP contribution in [-0.2, 0) is 0 Å². The van der Waals surface area contributed by atoms with Crippen molar-refractivity contribution in [2.24, 2.45) is 10.8 Å². The molecule has 1 fully saturated rings. The molecule has 20 heavy (non-hydrogen) atoms. The molecule has 5 nitrogen and oxygen atoms in total. The van der Waals surface area contributed by atoms with Gasteiger partial charge in [-0.25, -0.2) is 10.8 Å². The Morgan fingerprint density at radius 3 is 2.75 bits per heavy atom. The maximum Gasteiger partial charge on any atom is 0.212 e. The number of hydrogen-bond acceptors (Lipinski definition) is 3. The lowest BCUT2D eigenvalue weighted by Crippen LogP contribution is -2.43. The smallest absolute Gasteiger partial charge is 0.212 e. The summed E-state index contributed by atoms with van der Waals surface area (Å²) in [5.74, 6) is 7.17. The minimum absolute atomic E-state index is 0.378. The number of nitrogens with zero attached hydrogens (tertiary/aromatic N) is 2. The number of hydrazine groups is 1. The van der Waals surface area contributed by atoms with Crippen LogP contribution in [0.3, 0.4) is 0 Å². The van der Waals surface area contributed by atoms with Crippen molar-refractivity contribution in [1.29, 1.82) is 0 Å². The van der Waals surface area contributed by atoms with Crippen LogP contribution >= 0.6 is 0 Å². The van der Waals surface area contributed by atoms with E-state index in [1.54, 1.807) is 7.11 Å². The van der Waals surface area contributed by atoms with E-state index in [0.717, 1.165) is 24.3 Å². The van der Waals surface area contributed by atoms with Crippen LogP contribution in [0, 0.1) is 0 Å². The molecular weight excluding hydrogens is 252 g/mol. The summed E-state index contributed by atoms with van der Waals surface area (Å²) in [6, 6.07) is 8.23. The third-order valence-electron chi connectivity index (χ3n) is 3.77. The van der Waals surface area contributed by atoms with Gasteiger partial charge < -0.3 is 9.64 Å². The minimum Gasteiger partial charge on any atom is -0.497 e. The number of guanidine groups is 1. The summed E-state index contributed by atoms with van der Waals surface area (Å²) in [6.45, 7) is 0. The van der Waals surface area contributed by atoms with Crippen molar-refractivity contribution in [2.45, 2.75) is 38.1 Å². The molecule has 1 aromatic rings. The fourth-order valence-electron chi connectivity index (χ4n) is 2.55. The molecule has 1 aliphatic rings. The van der Waals surface area contributed by atoms with Crippen molar-refractivity contribution in [3.05, 3.63) is 24.3 Å². The Hall–Kier alpha value is -1.75. The van der Waals surface area contributed by atoms with Gasteiger partial charge in [0.15, 0.2) is 0 Å². The fraction of sp³-hybridized carbons (Fsp3) is 0.533. The van der Waals surface area contributed by atoms with Crippen LogP contribution in [0.1, 0.15) is 32.1 Å². The van der Waals surface area contributed by atoms with Crippen LogP contribution in [-0.4, -0.2) is 26.2 Å². The van der Waals surface area contributed by atoms with E-state index >= 15 is 0 Å². The molecule has 1 saturated carbocycles. The molecule has 0 heterocycles. The van der Waals surface area contributed by atoms with Crippen LogP contribution in [0.5, 0.6) is 5.75 Å². The number of ether oxygens (including phenoxy) is 1. The Labute approximate surface area is 120 Å². The molecule has 110 valence electrons. The van der Waals surface area contributed by atoms with Crippen molar-refractivity contribution in [1.82, 2.24) is 5.43 Å². The molecule has 1 aromatic carbocycles. The summed E-state index contributed by atoms with van der Waals surface area (Å²) in [6.07, 6.45) is 6.14. The second-order valence-electron chi connectivity index (χ2n) is 5.15. The van der Waals surface area contributed by atoms with Crippen molar-refractivity contribution < 1.29 is 4.74 Å². The third kappa shape index (κ3) is 3.63. The van der Waals surface area contributed by atoms with Crippen LogP contribution in [0.2, 0.25) is 0 Å². The lowest BCUT2D eigenvalue weighted by Gasteiger charge is -2.24. The number of nitrogens with one attached hydrogen (secondary N) is 1. The number of anilines is 1. The van der Waals surface area contributed by atoms with Crippen molar-refractivity contribution >= 4 is 11.6 Å². The van der Waals surface area contributed by atoms with Gasteiger partial charge in [-0.2, -0.15) is 0 Å². The molecule has 0 bridgehead atoms. The zero-order valence-electron chi connectivity index (χ0n) is 12.3. The zero-order valence-corrected chi connectivity index (χ0v) is 12.3. The first-order valence-corrected chi connectivity index (χ1v) is 7.17. The molecule has 0 amide bonds. The molecule has 0 unspecified atom stereocenters. The van der Waals surface area contributed by atoms with E-state index in [1.807, 2.05) is 36.2 Å². The topological polar surface area (TPSA) is 62.9 Å². The van der Waals surface area contributed by atoms with E-state index in [-0.39, 0.29) is 0 Å². The molecule has 0 radical (unpaired) electrons. The van der Waals surface area contributed by atoms with E-state index < -0.39 is 0 Å². The first-order chi connectivity index (χ1) is 9.74. The Balaban J connectivity index is 2.14. The molecule has 3 N–H and O–H groups in total. The molecule has 0 aromatic heterocycles. The average Bonchev–Trinajstić information content (AvgIpc) is 2.53. The Bertz CT molecular complexity index is 455. The third-order valence-corrected chi connectivity index (χ3v) is 3.77. The number of benzene rings is 1. The van der Waals surface area contributed by atoms with Crippen molar-refractivity contribution in [2.75, 3.05) is 19.1 Å². The first kappa shape index (κ1) is 14.7. The zero-order chi connectivity index (χ0) is 14.4. The predicted molar refractivity (Wildman–Crippen MR) is 83.0 cm³/mol. The highest BCUT2D eigenvalue weighted by Crippen LogP contribution is 2.22. The van der Waals surface area contributed by atoms with E-state index in [2.05, 4.69) is 5.43 Å². The highest BCUT2D eigenvalue weighted by Gasteiger charge is 2.15. The van der Waals surface area contributed by atoms with Gasteiger partial charge in [0, 0.05) is 18.8 Å². The largest absolute Gasteiger partial charge is 0.497 e. The van der Waals surface area contributed by atoms with Crippen molar-refractivity contribution in [3.8, 4) is 5.75 Å². The van der Waals surface area contributed by atoms with Gasteiger partial charge in [0.1, 0.15) is 5.75 Å². The maximum atomic E-state index is 5.65. The van der Waals surface area contributed by atoms with Crippen LogP contribution in [0.25, 0.3) is 0 Å². The highest BCUT2D eigenvalue weighted by molar-refractivity contribution is 5.95. The predicted octanol–water partition coefficient (Wildman–Crippen LogP) is 2.28. The maximum absolute atomic E-state index is 5.65. The second kappa shape index (κ2) is 7.14. The second-order valence-corrected chi connectivity index (χ2v) is 5.15. The number of methoxy groups -OCH3 is 1. The normalized spacial score (nSPS) is 16.9. The van der Waals surface area contributed by atoms with Gasteiger partial charge in [-0.3, -0.25) is 5.43 Å². The number of aliphatic imine (C=N–C) groups is 1. The van der Waals surface area contributed by atoms with Crippen LogP contribution < -0.4 is 20.9 Å². The number of nitrogens with two attached hydrogens (primary N) is 1.